The van der Waals surface area contributed by atoms with Gasteiger partial charge in [0.05, 0.1) is 5.69 Å². The number of aliphatic hydroxyl groups is 1. The van der Waals surface area contributed by atoms with E-state index in [4.69, 9.17) is 0 Å². The van der Waals surface area contributed by atoms with Gasteiger partial charge in [0.25, 0.3) is 5.91 Å². The van der Waals surface area contributed by atoms with E-state index in [1.54, 1.807) is 0 Å². The van der Waals surface area contributed by atoms with Crippen molar-refractivity contribution in [1.82, 2.24) is 14.9 Å². The van der Waals surface area contributed by atoms with Crippen LogP contribution in [-0.4, -0.2) is 27.1 Å². The number of aromatic nitrogens is 2. The molecule has 0 fully saturated rings. The standard InChI is InChI=1S/C12H15N3O2S2/c1-2-4-8-11(19-15-14-8)12(17)13-7-9(16)10-5-3-6-18-10/h3,5-6,9,16H,2,4,7H2,1H3,(H,13,17)/t9-/m0/s1. The Hall–Kier alpha value is -1.31. The molecule has 1 atom stereocenters. The van der Waals surface area contributed by atoms with Crippen LogP contribution < -0.4 is 5.32 Å². The molecule has 0 aliphatic rings. The van der Waals surface area contributed by atoms with Gasteiger partial charge in [-0.3, -0.25) is 4.79 Å². The Morgan fingerprint density at radius 2 is 2.42 bits per heavy atom. The second-order valence-electron chi connectivity index (χ2n) is 4.04. The quantitative estimate of drug-likeness (QED) is 0.855. The largest absolute Gasteiger partial charge is 0.386 e. The molecule has 0 aliphatic heterocycles. The predicted molar refractivity (Wildman–Crippen MR) is 75.5 cm³/mol. The number of nitrogens with zero attached hydrogens (tertiary/aromatic N) is 2. The maximum atomic E-state index is 12.0. The lowest BCUT2D eigenvalue weighted by atomic mass is 10.2. The highest BCUT2D eigenvalue weighted by atomic mass is 32.1. The molecule has 0 bridgehead atoms. The Labute approximate surface area is 119 Å². The van der Waals surface area contributed by atoms with Gasteiger partial charge in [-0.05, 0) is 29.4 Å². The zero-order valence-electron chi connectivity index (χ0n) is 10.5. The minimum Gasteiger partial charge on any atom is -0.386 e. The van der Waals surface area contributed by atoms with E-state index in [1.165, 1.54) is 11.3 Å². The van der Waals surface area contributed by atoms with Crippen molar-refractivity contribution in [3.63, 3.8) is 0 Å². The molecule has 2 rings (SSSR count). The summed E-state index contributed by atoms with van der Waals surface area (Å²) < 4.78 is 3.81. The number of aryl methyl sites for hydroxylation is 1. The highest BCUT2D eigenvalue weighted by Gasteiger charge is 2.17. The Balaban J connectivity index is 1.92. The molecular weight excluding hydrogens is 282 g/mol. The highest BCUT2D eigenvalue weighted by Crippen LogP contribution is 2.18. The SMILES string of the molecule is CCCc1nnsc1C(=O)NC[C@H](O)c1cccs1. The van der Waals surface area contributed by atoms with Crippen LogP contribution in [0, 0.1) is 0 Å². The summed E-state index contributed by atoms with van der Waals surface area (Å²) in [6.07, 6.45) is 0.996. The first kappa shape index (κ1) is 14.1. The van der Waals surface area contributed by atoms with E-state index < -0.39 is 6.10 Å². The first-order chi connectivity index (χ1) is 9.22. The van der Waals surface area contributed by atoms with Gasteiger partial charge in [0.2, 0.25) is 0 Å². The minimum absolute atomic E-state index is 0.197. The van der Waals surface area contributed by atoms with Gasteiger partial charge in [-0.25, -0.2) is 0 Å². The van der Waals surface area contributed by atoms with Crippen molar-refractivity contribution in [2.24, 2.45) is 0 Å². The number of hydrogen-bond donors (Lipinski definition) is 2. The average Bonchev–Trinajstić information content (AvgIpc) is 3.06. The zero-order chi connectivity index (χ0) is 13.7. The number of aliphatic hydroxyl groups excluding tert-OH is 1. The Morgan fingerprint density at radius 3 is 3.11 bits per heavy atom. The van der Waals surface area contributed by atoms with Crippen molar-refractivity contribution in [3.8, 4) is 0 Å². The summed E-state index contributed by atoms with van der Waals surface area (Å²) in [5.74, 6) is -0.214. The first-order valence-corrected chi connectivity index (χ1v) is 7.68. The van der Waals surface area contributed by atoms with Crippen LogP contribution in [0.3, 0.4) is 0 Å². The topological polar surface area (TPSA) is 75.1 Å². The molecule has 0 aromatic carbocycles. The summed E-state index contributed by atoms with van der Waals surface area (Å²) in [6.45, 7) is 2.23. The Bertz CT molecular complexity index is 525. The molecule has 0 spiro atoms. The Morgan fingerprint density at radius 1 is 1.58 bits per heavy atom. The zero-order valence-corrected chi connectivity index (χ0v) is 12.1. The molecule has 7 heteroatoms. The Kier molecular flexibility index (Phi) is 5.00. The molecule has 2 aromatic rings. The second kappa shape index (κ2) is 6.74. The van der Waals surface area contributed by atoms with Gasteiger partial charge in [-0.15, -0.1) is 16.4 Å². The molecule has 0 radical (unpaired) electrons. The third kappa shape index (κ3) is 3.59. The second-order valence-corrected chi connectivity index (χ2v) is 5.77. The third-order valence-corrected chi connectivity index (χ3v) is 4.32. The fraction of sp³-hybridized carbons (Fsp3) is 0.417. The van der Waals surface area contributed by atoms with Crippen LogP contribution in [0.4, 0.5) is 0 Å². The first-order valence-electron chi connectivity index (χ1n) is 6.03. The molecule has 2 heterocycles. The lowest BCUT2D eigenvalue weighted by Crippen LogP contribution is -2.28. The van der Waals surface area contributed by atoms with Crippen molar-refractivity contribution < 1.29 is 9.90 Å². The lowest BCUT2D eigenvalue weighted by molar-refractivity contribution is 0.0921. The summed E-state index contributed by atoms with van der Waals surface area (Å²) in [4.78, 5) is 13.4. The van der Waals surface area contributed by atoms with E-state index in [0.29, 0.717) is 4.88 Å². The molecule has 0 saturated carbocycles. The van der Waals surface area contributed by atoms with E-state index in [2.05, 4.69) is 14.9 Å². The monoisotopic (exact) mass is 297 g/mol. The van der Waals surface area contributed by atoms with E-state index >= 15 is 0 Å². The molecule has 2 N–H and O–H groups in total. The number of nitrogens with one attached hydrogen (secondary N) is 1. The number of thiophene rings is 1. The number of rotatable bonds is 6. The summed E-state index contributed by atoms with van der Waals surface area (Å²) in [7, 11) is 0. The van der Waals surface area contributed by atoms with Crippen LogP contribution >= 0.6 is 22.9 Å². The molecule has 1 amide bonds. The summed E-state index contributed by atoms with van der Waals surface area (Å²) in [5.41, 5.74) is 0.732. The summed E-state index contributed by atoms with van der Waals surface area (Å²) in [6, 6.07) is 3.72. The van der Waals surface area contributed by atoms with Gasteiger partial charge in [0, 0.05) is 11.4 Å². The molecular formula is C12H15N3O2S2. The fourth-order valence-electron chi connectivity index (χ4n) is 1.63. The van der Waals surface area contributed by atoms with Crippen LogP contribution in [-0.2, 0) is 6.42 Å². The maximum Gasteiger partial charge on any atom is 0.265 e. The van der Waals surface area contributed by atoms with Crippen LogP contribution in [0.15, 0.2) is 17.5 Å². The van der Waals surface area contributed by atoms with E-state index in [1.807, 2.05) is 24.4 Å². The molecule has 0 aliphatic carbocycles. The average molecular weight is 297 g/mol. The number of hydrogen-bond acceptors (Lipinski definition) is 6. The van der Waals surface area contributed by atoms with Gasteiger partial charge < -0.3 is 10.4 Å². The number of carbonyl (C=O) groups is 1. The van der Waals surface area contributed by atoms with Crippen LogP contribution in [0.1, 0.15) is 39.7 Å². The van der Waals surface area contributed by atoms with Crippen molar-refractivity contribution >= 4 is 28.8 Å². The molecule has 102 valence electrons. The maximum absolute atomic E-state index is 12.0. The minimum atomic E-state index is -0.667. The van der Waals surface area contributed by atoms with Crippen molar-refractivity contribution in [2.45, 2.75) is 25.9 Å². The molecule has 2 aromatic heterocycles. The van der Waals surface area contributed by atoms with Gasteiger partial charge in [0.15, 0.2) is 0 Å². The van der Waals surface area contributed by atoms with Crippen LogP contribution in [0.25, 0.3) is 0 Å². The molecule has 0 unspecified atom stereocenters. The number of amides is 1. The van der Waals surface area contributed by atoms with Crippen molar-refractivity contribution in [1.29, 1.82) is 0 Å². The van der Waals surface area contributed by atoms with E-state index in [9.17, 15) is 9.90 Å². The van der Waals surface area contributed by atoms with Gasteiger partial charge in [-0.2, -0.15) is 0 Å². The normalized spacial score (nSPS) is 12.3. The van der Waals surface area contributed by atoms with E-state index in [-0.39, 0.29) is 12.5 Å². The van der Waals surface area contributed by atoms with Crippen molar-refractivity contribution in [3.05, 3.63) is 33.0 Å². The summed E-state index contributed by atoms with van der Waals surface area (Å²) >= 11 is 2.56. The predicted octanol–water partition coefficient (Wildman–Crippen LogP) is 2.02. The highest BCUT2D eigenvalue weighted by molar-refractivity contribution is 7.10. The third-order valence-electron chi connectivity index (χ3n) is 2.58. The molecule has 5 nitrogen and oxygen atoms in total. The van der Waals surface area contributed by atoms with Gasteiger partial charge in [-0.1, -0.05) is 23.9 Å². The van der Waals surface area contributed by atoms with Crippen molar-refractivity contribution in [2.75, 3.05) is 6.54 Å². The van der Waals surface area contributed by atoms with Gasteiger partial charge >= 0.3 is 0 Å². The number of carbonyl (C=O) groups excluding carboxylic acids is 1. The molecule has 19 heavy (non-hydrogen) atoms. The van der Waals surface area contributed by atoms with Crippen LogP contribution in [0.2, 0.25) is 0 Å². The lowest BCUT2D eigenvalue weighted by Gasteiger charge is -2.09. The van der Waals surface area contributed by atoms with E-state index in [0.717, 1.165) is 34.9 Å². The fourth-order valence-corrected chi connectivity index (χ4v) is 2.97. The van der Waals surface area contributed by atoms with Crippen LogP contribution in [0.5, 0.6) is 0 Å². The molecule has 0 saturated heterocycles. The smallest absolute Gasteiger partial charge is 0.265 e. The van der Waals surface area contributed by atoms with Gasteiger partial charge in [0.1, 0.15) is 11.0 Å². The summed E-state index contributed by atoms with van der Waals surface area (Å²) in [5, 5.41) is 18.5.